The summed E-state index contributed by atoms with van der Waals surface area (Å²) in [7, 11) is 0. The third-order valence-electron chi connectivity index (χ3n) is 3.42. The molecule has 1 aromatic carbocycles. The lowest BCUT2D eigenvalue weighted by Crippen LogP contribution is -2.14. The van der Waals surface area contributed by atoms with Crippen LogP contribution in [-0.4, -0.2) is 21.1 Å². The Kier molecular flexibility index (Phi) is 5.07. The average molecular weight is 468 g/mol. The summed E-state index contributed by atoms with van der Waals surface area (Å²) in [6, 6.07) is 5.76. The summed E-state index contributed by atoms with van der Waals surface area (Å²) in [5.41, 5.74) is 3.33. The smallest absolute Gasteiger partial charge is 0.258 e. The van der Waals surface area contributed by atoms with Crippen LogP contribution in [0.5, 0.6) is 0 Å². The molecule has 3 aromatic rings. The molecule has 24 heavy (non-hydrogen) atoms. The van der Waals surface area contributed by atoms with Gasteiger partial charge in [-0.2, -0.15) is 0 Å². The Bertz CT molecular complexity index is 906. The third kappa shape index (κ3) is 3.40. The first-order valence-corrected chi connectivity index (χ1v) is 9.38. The quantitative estimate of drug-likeness (QED) is 0.588. The lowest BCUT2D eigenvalue weighted by molar-refractivity contribution is 0.102. The predicted molar refractivity (Wildman–Crippen MR) is 102 cm³/mol. The Morgan fingerprint density at radius 2 is 1.83 bits per heavy atom. The maximum Gasteiger partial charge on any atom is 0.258 e. The van der Waals surface area contributed by atoms with Crippen molar-refractivity contribution in [2.45, 2.75) is 13.8 Å². The maximum atomic E-state index is 12.5. The van der Waals surface area contributed by atoms with Gasteiger partial charge >= 0.3 is 0 Å². The highest BCUT2D eigenvalue weighted by molar-refractivity contribution is 9.13. The molecule has 0 saturated heterocycles. The fourth-order valence-corrected chi connectivity index (χ4v) is 3.89. The second-order valence-electron chi connectivity index (χ2n) is 5.12. The molecule has 0 aliphatic rings. The predicted octanol–water partition coefficient (Wildman–Crippen LogP) is 4.99. The van der Waals surface area contributed by atoms with Crippen molar-refractivity contribution in [2.75, 3.05) is 5.32 Å². The zero-order valence-electron chi connectivity index (χ0n) is 12.8. The highest BCUT2D eigenvalue weighted by atomic mass is 79.9. The van der Waals surface area contributed by atoms with E-state index in [-0.39, 0.29) is 5.91 Å². The molecule has 0 aliphatic heterocycles. The summed E-state index contributed by atoms with van der Waals surface area (Å²) >= 11 is 8.21. The Labute approximate surface area is 159 Å². The summed E-state index contributed by atoms with van der Waals surface area (Å²) in [5, 5.41) is 12.1. The largest absolute Gasteiger partial charge is 0.296 e. The number of aryl methyl sites for hydroxylation is 2. The fraction of sp³-hybridized carbons (Fsp3) is 0.125. The number of nitrogens with zero attached hydrogens (tertiary/aromatic N) is 3. The molecule has 0 fully saturated rings. The van der Waals surface area contributed by atoms with Gasteiger partial charge in [0.2, 0.25) is 5.13 Å². The van der Waals surface area contributed by atoms with Crippen LogP contribution in [0.25, 0.3) is 10.6 Å². The lowest BCUT2D eigenvalue weighted by atomic mass is 10.0. The Morgan fingerprint density at radius 3 is 2.54 bits per heavy atom. The molecule has 122 valence electrons. The normalized spacial score (nSPS) is 10.7. The van der Waals surface area contributed by atoms with Crippen LogP contribution in [0.15, 0.2) is 39.5 Å². The molecule has 3 rings (SSSR count). The van der Waals surface area contributed by atoms with E-state index in [0.29, 0.717) is 15.7 Å². The van der Waals surface area contributed by atoms with E-state index >= 15 is 0 Å². The van der Waals surface area contributed by atoms with E-state index in [2.05, 4.69) is 52.4 Å². The number of halogens is 2. The first-order chi connectivity index (χ1) is 11.5. The van der Waals surface area contributed by atoms with E-state index in [9.17, 15) is 4.79 Å². The average Bonchev–Trinajstić information content (AvgIpc) is 2.98. The molecule has 0 unspecified atom stereocenters. The first-order valence-electron chi connectivity index (χ1n) is 6.98. The van der Waals surface area contributed by atoms with Gasteiger partial charge in [-0.05, 0) is 56.8 Å². The fourth-order valence-electron chi connectivity index (χ4n) is 2.28. The second kappa shape index (κ2) is 7.08. The molecular formula is C16H12Br2N4OS. The molecule has 1 N–H and O–H groups in total. The van der Waals surface area contributed by atoms with E-state index in [1.807, 2.05) is 32.0 Å². The van der Waals surface area contributed by atoms with Gasteiger partial charge in [0.25, 0.3) is 5.91 Å². The molecule has 0 saturated carbocycles. The number of hydrogen-bond donors (Lipinski definition) is 1. The van der Waals surface area contributed by atoms with Gasteiger partial charge in [0.1, 0.15) is 0 Å². The molecule has 2 heterocycles. The number of anilines is 1. The summed E-state index contributed by atoms with van der Waals surface area (Å²) < 4.78 is 1.68. The summed E-state index contributed by atoms with van der Waals surface area (Å²) in [4.78, 5) is 16.7. The third-order valence-corrected chi connectivity index (χ3v) is 6.28. The monoisotopic (exact) mass is 466 g/mol. The van der Waals surface area contributed by atoms with Crippen molar-refractivity contribution in [3.63, 3.8) is 0 Å². The number of aromatic nitrogens is 3. The van der Waals surface area contributed by atoms with Gasteiger partial charge in [-0.15, -0.1) is 10.2 Å². The van der Waals surface area contributed by atoms with Crippen LogP contribution < -0.4 is 5.32 Å². The SMILES string of the molecule is Cc1cccc(C)c1C(=O)Nc1nnc(-c2cncc(Br)c2Br)s1. The summed E-state index contributed by atoms with van der Waals surface area (Å²) in [5.74, 6) is -0.181. The lowest BCUT2D eigenvalue weighted by Gasteiger charge is -2.08. The van der Waals surface area contributed by atoms with Crippen molar-refractivity contribution in [1.29, 1.82) is 0 Å². The van der Waals surface area contributed by atoms with Crippen LogP contribution in [-0.2, 0) is 0 Å². The van der Waals surface area contributed by atoms with Crippen molar-refractivity contribution in [2.24, 2.45) is 0 Å². The summed E-state index contributed by atoms with van der Waals surface area (Å²) in [6.07, 6.45) is 3.39. The number of carbonyl (C=O) groups excluding carboxylic acids is 1. The first kappa shape index (κ1) is 17.2. The van der Waals surface area contributed by atoms with Crippen LogP contribution >= 0.6 is 43.2 Å². The second-order valence-corrected chi connectivity index (χ2v) is 7.74. The molecule has 5 nitrogen and oxygen atoms in total. The summed E-state index contributed by atoms with van der Waals surface area (Å²) in [6.45, 7) is 3.83. The van der Waals surface area contributed by atoms with Gasteiger partial charge in [-0.3, -0.25) is 15.1 Å². The maximum absolute atomic E-state index is 12.5. The van der Waals surface area contributed by atoms with Crippen LogP contribution in [0.1, 0.15) is 21.5 Å². The number of nitrogens with one attached hydrogen (secondary N) is 1. The van der Waals surface area contributed by atoms with Gasteiger partial charge in [-0.25, -0.2) is 0 Å². The van der Waals surface area contributed by atoms with Crippen molar-refractivity contribution in [3.05, 3.63) is 56.2 Å². The van der Waals surface area contributed by atoms with Gasteiger partial charge in [0.15, 0.2) is 5.01 Å². The molecule has 0 bridgehead atoms. The standard InChI is InChI=1S/C16H12Br2N4OS/c1-8-4-3-5-9(2)12(8)14(23)20-16-22-21-15(24-16)10-6-19-7-11(17)13(10)18/h3-7H,1-2H3,(H,20,22,23). The minimum absolute atomic E-state index is 0.181. The Hall–Kier alpha value is -1.64. The van der Waals surface area contributed by atoms with Crippen LogP contribution in [0.3, 0.4) is 0 Å². The minimum atomic E-state index is -0.181. The van der Waals surface area contributed by atoms with E-state index < -0.39 is 0 Å². The van der Waals surface area contributed by atoms with Gasteiger partial charge in [0, 0.05) is 28.0 Å². The van der Waals surface area contributed by atoms with Crippen molar-refractivity contribution in [3.8, 4) is 10.6 Å². The minimum Gasteiger partial charge on any atom is -0.296 e. The van der Waals surface area contributed by atoms with Crippen molar-refractivity contribution in [1.82, 2.24) is 15.2 Å². The van der Waals surface area contributed by atoms with Gasteiger partial charge < -0.3 is 0 Å². The Morgan fingerprint density at radius 1 is 1.12 bits per heavy atom. The molecule has 0 spiro atoms. The molecule has 2 aromatic heterocycles. The van der Waals surface area contributed by atoms with E-state index in [1.165, 1.54) is 11.3 Å². The van der Waals surface area contributed by atoms with Gasteiger partial charge in [-0.1, -0.05) is 29.5 Å². The zero-order chi connectivity index (χ0) is 17.3. The van der Waals surface area contributed by atoms with E-state index in [4.69, 9.17) is 0 Å². The molecule has 0 radical (unpaired) electrons. The van der Waals surface area contributed by atoms with Crippen molar-refractivity contribution >= 4 is 54.2 Å². The molecule has 1 amide bonds. The number of rotatable bonds is 3. The van der Waals surface area contributed by atoms with Crippen LogP contribution in [0.4, 0.5) is 5.13 Å². The number of benzene rings is 1. The van der Waals surface area contributed by atoms with Gasteiger partial charge in [0.05, 0.1) is 4.47 Å². The molecular weight excluding hydrogens is 456 g/mol. The highest BCUT2D eigenvalue weighted by Gasteiger charge is 2.16. The Balaban J connectivity index is 1.87. The topological polar surface area (TPSA) is 67.8 Å². The van der Waals surface area contributed by atoms with E-state index in [1.54, 1.807) is 12.4 Å². The molecule has 0 atom stereocenters. The van der Waals surface area contributed by atoms with Crippen LogP contribution in [0.2, 0.25) is 0 Å². The number of hydrogen-bond acceptors (Lipinski definition) is 5. The highest BCUT2D eigenvalue weighted by Crippen LogP contribution is 2.35. The van der Waals surface area contributed by atoms with E-state index in [0.717, 1.165) is 25.6 Å². The number of pyridine rings is 1. The molecule has 8 heteroatoms. The van der Waals surface area contributed by atoms with Crippen molar-refractivity contribution < 1.29 is 4.79 Å². The molecule has 0 aliphatic carbocycles. The number of amides is 1. The van der Waals surface area contributed by atoms with Crippen LogP contribution in [0, 0.1) is 13.8 Å². The zero-order valence-corrected chi connectivity index (χ0v) is 16.8. The number of carbonyl (C=O) groups is 1.